The van der Waals surface area contributed by atoms with Crippen LogP contribution in [-0.2, 0) is 13.1 Å². The highest BCUT2D eigenvalue weighted by atomic mass is 35.5. The summed E-state index contributed by atoms with van der Waals surface area (Å²) in [6.07, 6.45) is 10.2. The van der Waals surface area contributed by atoms with E-state index in [1.807, 2.05) is 58.0 Å². The first kappa shape index (κ1) is 53.8. The molecule has 0 atom stereocenters. The molecule has 2 aromatic carbocycles. The van der Waals surface area contributed by atoms with Gasteiger partial charge in [-0.2, -0.15) is 0 Å². The minimum absolute atomic E-state index is 0. The first-order valence-corrected chi connectivity index (χ1v) is 17.0. The lowest BCUT2D eigenvalue weighted by Crippen LogP contribution is -2.19. The van der Waals surface area contributed by atoms with Crippen LogP contribution in [0, 0.1) is 0 Å². The van der Waals surface area contributed by atoms with Gasteiger partial charge in [-0.15, -0.1) is 74.4 Å². The Morgan fingerprint density at radius 3 is 1.07 bits per heavy atom. The molecule has 8 N–H and O–H groups in total. The summed E-state index contributed by atoms with van der Waals surface area (Å²) in [5.74, 6) is 2.37. The molecule has 0 aromatic heterocycles. The quantitative estimate of drug-likeness (QED) is 0.0344. The number of hydrogen-bond acceptors (Lipinski definition) is 8. The number of hydrogen-bond donors (Lipinski definition) is 6. The zero-order chi connectivity index (χ0) is 26.9. The fraction of sp³-hybridized carbons (Fsp3) is 0.600. The van der Waals surface area contributed by atoms with Crippen molar-refractivity contribution in [1.29, 1.82) is 0 Å². The van der Waals surface area contributed by atoms with Crippen molar-refractivity contribution in [2.45, 2.75) is 64.5 Å². The molecule has 0 unspecified atom stereocenters. The maximum atomic E-state index is 5.97. The standard InChI is InChI=1S/C30H52N6S2.6ClH/c31-29-15-7-5-13-27(29)25-35-19-11-3-1-9-17-33-21-23-37-38-24-22-34-18-10-2-4-12-20-36-26-28-14-6-8-16-30(28)32;;;;;;/h5-8,13-16,33-36H,1-4,9-12,17-26,31-32H2;6*1H. The van der Waals surface area contributed by atoms with Crippen molar-refractivity contribution in [1.82, 2.24) is 21.3 Å². The van der Waals surface area contributed by atoms with Crippen LogP contribution in [-0.4, -0.2) is 50.8 Å². The second-order valence-corrected chi connectivity index (χ2v) is 12.4. The Morgan fingerprint density at radius 1 is 0.409 bits per heavy atom. The summed E-state index contributed by atoms with van der Waals surface area (Å²) in [5.41, 5.74) is 16.1. The normalized spacial score (nSPS) is 9.73. The summed E-state index contributed by atoms with van der Waals surface area (Å²) >= 11 is 0. The fourth-order valence-corrected chi connectivity index (χ4v) is 6.04. The summed E-state index contributed by atoms with van der Waals surface area (Å²) in [4.78, 5) is 0. The number of halogens is 6. The van der Waals surface area contributed by atoms with Gasteiger partial charge in [0.2, 0.25) is 0 Å². The summed E-state index contributed by atoms with van der Waals surface area (Å²) < 4.78 is 0. The lowest BCUT2D eigenvalue weighted by molar-refractivity contribution is 0.569. The minimum atomic E-state index is 0. The van der Waals surface area contributed by atoms with E-state index in [0.29, 0.717) is 0 Å². The van der Waals surface area contributed by atoms with E-state index in [-0.39, 0.29) is 74.4 Å². The molecule has 2 rings (SSSR count). The Morgan fingerprint density at radius 2 is 0.727 bits per heavy atom. The Balaban J connectivity index is -0.000000845. The molecule has 0 saturated carbocycles. The molecule has 0 aliphatic carbocycles. The third-order valence-electron chi connectivity index (χ3n) is 6.46. The average Bonchev–Trinajstić information content (AvgIpc) is 2.93. The fourth-order valence-electron chi connectivity index (χ4n) is 4.14. The highest BCUT2D eigenvalue weighted by Crippen LogP contribution is 2.19. The molecule has 44 heavy (non-hydrogen) atoms. The van der Waals surface area contributed by atoms with Crippen LogP contribution >= 0.6 is 96.0 Å². The number of unbranched alkanes of at least 4 members (excludes halogenated alkanes) is 6. The van der Waals surface area contributed by atoms with E-state index in [1.54, 1.807) is 0 Å². The number of rotatable bonds is 25. The molecule has 14 heteroatoms. The lowest BCUT2D eigenvalue weighted by Gasteiger charge is -2.08. The van der Waals surface area contributed by atoms with Crippen molar-refractivity contribution >= 4 is 107 Å². The van der Waals surface area contributed by atoms with Crippen molar-refractivity contribution < 1.29 is 0 Å². The minimum Gasteiger partial charge on any atom is -0.398 e. The van der Waals surface area contributed by atoms with E-state index in [4.69, 9.17) is 11.5 Å². The van der Waals surface area contributed by atoms with Crippen molar-refractivity contribution in [2.75, 3.05) is 62.2 Å². The Bertz CT molecular complexity index is 781. The zero-order valence-corrected chi connectivity index (χ0v) is 32.3. The first-order chi connectivity index (χ1) is 18.8. The van der Waals surface area contributed by atoms with Gasteiger partial charge in [-0.25, -0.2) is 0 Å². The number of benzene rings is 2. The molecule has 6 nitrogen and oxygen atoms in total. The molecule has 0 radical (unpaired) electrons. The van der Waals surface area contributed by atoms with Crippen LogP contribution in [0.25, 0.3) is 0 Å². The summed E-state index contributed by atoms with van der Waals surface area (Å²) in [5, 5.41) is 14.2. The van der Waals surface area contributed by atoms with Gasteiger partial charge in [-0.3, -0.25) is 0 Å². The van der Waals surface area contributed by atoms with Crippen LogP contribution in [0.3, 0.4) is 0 Å². The highest BCUT2D eigenvalue weighted by molar-refractivity contribution is 8.76. The maximum Gasteiger partial charge on any atom is 0.0359 e. The molecule has 0 saturated heterocycles. The summed E-state index contributed by atoms with van der Waals surface area (Å²) in [6, 6.07) is 16.2. The van der Waals surface area contributed by atoms with Gasteiger partial charge in [0.15, 0.2) is 0 Å². The Labute approximate surface area is 313 Å². The van der Waals surface area contributed by atoms with Crippen molar-refractivity contribution in [3.05, 3.63) is 59.7 Å². The predicted molar refractivity (Wildman–Crippen MR) is 216 cm³/mol. The maximum absolute atomic E-state index is 5.97. The van der Waals surface area contributed by atoms with Gasteiger partial charge in [-0.05, 0) is 75.1 Å². The van der Waals surface area contributed by atoms with Crippen LogP contribution in [0.15, 0.2) is 48.5 Å². The average molecular weight is 780 g/mol. The largest absolute Gasteiger partial charge is 0.398 e. The Kier molecular flexibility index (Phi) is 48.3. The molecule has 0 fully saturated rings. The molecule has 0 bridgehead atoms. The molecular weight excluding hydrogens is 721 g/mol. The van der Waals surface area contributed by atoms with E-state index in [0.717, 1.165) is 63.7 Å². The van der Waals surface area contributed by atoms with E-state index < -0.39 is 0 Å². The van der Waals surface area contributed by atoms with Crippen molar-refractivity contribution in [3.63, 3.8) is 0 Å². The van der Waals surface area contributed by atoms with E-state index >= 15 is 0 Å². The van der Waals surface area contributed by atoms with Crippen LogP contribution < -0.4 is 32.7 Å². The number of nitrogen functional groups attached to an aromatic ring is 2. The van der Waals surface area contributed by atoms with Gasteiger partial charge in [0.25, 0.3) is 0 Å². The second kappa shape index (κ2) is 39.5. The smallest absolute Gasteiger partial charge is 0.0359 e. The topological polar surface area (TPSA) is 100 Å². The molecule has 0 aliphatic heterocycles. The second-order valence-electron chi connectivity index (χ2n) is 9.72. The van der Waals surface area contributed by atoms with Crippen LogP contribution in [0.4, 0.5) is 11.4 Å². The van der Waals surface area contributed by atoms with Gasteiger partial charge in [-0.1, -0.05) is 83.7 Å². The monoisotopic (exact) mass is 776 g/mol. The SMILES string of the molecule is Cl.Cl.Cl.Cl.Cl.Cl.Nc1ccccc1CNCCCCCCNCCSSCCNCCCCCCNCc1ccccc1N. The number of nitrogens with one attached hydrogen (secondary N) is 4. The third kappa shape index (κ3) is 29.7. The first-order valence-electron chi connectivity index (χ1n) is 14.5. The number of para-hydroxylation sites is 2. The molecule has 0 aliphatic rings. The van der Waals surface area contributed by atoms with E-state index in [1.165, 1.54) is 74.0 Å². The molecule has 2 aromatic rings. The molecular formula is C30H58Cl6N6S2. The predicted octanol–water partition coefficient (Wildman–Crippen LogP) is 7.94. The van der Waals surface area contributed by atoms with E-state index in [9.17, 15) is 0 Å². The van der Waals surface area contributed by atoms with Gasteiger partial charge in [0.05, 0.1) is 0 Å². The van der Waals surface area contributed by atoms with Crippen molar-refractivity contribution in [3.8, 4) is 0 Å². The molecule has 0 amide bonds. The lowest BCUT2D eigenvalue weighted by atomic mass is 10.1. The van der Waals surface area contributed by atoms with Crippen molar-refractivity contribution in [2.24, 2.45) is 0 Å². The van der Waals surface area contributed by atoms with Gasteiger partial charge in [0.1, 0.15) is 0 Å². The van der Waals surface area contributed by atoms with Gasteiger partial charge < -0.3 is 32.7 Å². The molecule has 0 heterocycles. The van der Waals surface area contributed by atoms with Crippen LogP contribution in [0.5, 0.6) is 0 Å². The zero-order valence-electron chi connectivity index (χ0n) is 25.8. The van der Waals surface area contributed by atoms with Gasteiger partial charge in [0, 0.05) is 49.1 Å². The van der Waals surface area contributed by atoms with Gasteiger partial charge >= 0.3 is 0 Å². The summed E-state index contributed by atoms with van der Waals surface area (Å²) in [6.45, 7) is 8.35. The number of nitrogens with two attached hydrogens (primary N) is 2. The molecule has 0 spiro atoms. The molecule has 262 valence electrons. The summed E-state index contributed by atoms with van der Waals surface area (Å²) in [7, 11) is 3.98. The highest BCUT2D eigenvalue weighted by Gasteiger charge is 1.99. The van der Waals surface area contributed by atoms with Crippen LogP contribution in [0.2, 0.25) is 0 Å². The Hall–Kier alpha value is 0.320. The van der Waals surface area contributed by atoms with Crippen LogP contribution in [0.1, 0.15) is 62.5 Å². The van der Waals surface area contributed by atoms with E-state index in [2.05, 4.69) is 33.4 Å². The number of anilines is 2. The third-order valence-corrected chi connectivity index (χ3v) is 8.87.